The molecule has 0 spiro atoms. The van der Waals surface area contributed by atoms with Crippen LogP contribution < -0.4 is 5.30 Å². The van der Waals surface area contributed by atoms with Gasteiger partial charge in [-0.25, -0.2) is 0 Å². The van der Waals surface area contributed by atoms with E-state index in [2.05, 4.69) is 0 Å². The molecule has 0 heterocycles. The van der Waals surface area contributed by atoms with Crippen LogP contribution in [0.25, 0.3) is 0 Å². The second kappa shape index (κ2) is 4.82. The van der Waals surface area contributed by atoms with Crippen LogP contribution in [0.2, 0.25) is 0 Å². The van der Waals surface area contributed by atoms with Gasteiger partial charge in [0.15, 0.2) is 0 Å². The molecule has 4 heteroatoms. The van der Waals surface area contributed by atoms with Gasteiger partial charge in [0.2, 0.25) is 8.03 Å². The van der Waals surface area contributed by atoms with Crippen LogP contribution in [0.1, 0.15) is 5.56 Å². The Morgan fingerprint density at radius 2 is 1.73 bits per heavy atom. The Balaban J connectivity index is 0.000001000. The minimum absolute atomic E-state index is 0. The monoisotopic (exact) mass is 220 g/mol. The van der Waals surface area contributed by atoms with Crippen molar-refractivity contribution in [2.45, 2.75) is 6.92 Å². The summed E-state index contributed by atoms with van der Waals surface area (Å²) in [5.41, 5.74) is 1.10. The number of aryl methyl sites for hydroxylation is 1. The van der Waals surface area contributed by atoms with Crippen molar-refractivity contribution in [2.75, 3.05) is 0 Å². The molecule has 0 aliphatic carbocycles. The molecule has 0 saturated carbocycles. The van der Waals surface area contributed by atoms with Gasteiger partial charge in [-0.1, -0.05) is 17.7 Å². The summed E-state index contributed by atoms with van der Waals surface area (Å²) < 4.78 is 10.5. The van der Waals surface area contributed by atoms with Gasteiger partial charge in [-0.15, -0.1) is 0 Å². The fourth-order valence-electron chi connectivity index (χ4n) is 0.696. The van der Waals surface area contributed by atoms with E-state index in [1.807, 2.05) is 19.1 Å². The molecule has 2 nitrogen and oxygen atoms in total. The van der Waals surface area contributed by atoms with Crippen LogP contribution in [-0.4, -0.2) is 4.89 Å². The maximum atomic E-state index is 10.5. The van der Waals surface area contributed by atoms with Crippen LogP contribution in [-0.2, 0) is 24.0 Å². The van der Waals surface area contributed by atoms with Crippen molar-refractivity contribution < 1.29 is 28.9 Å². The Morgan fingerprint density at radius 1 is 1.27 bits per heavy atom. The Hall–Kier alpha value is 0.0334. The first-order valence-electron chi connectivity index (χ1n) is 3.00. The fourth-order valence-corrected chi connectivity index (χ4v) is 1.15. The molecule has 0 bridgehead atoms. The fraction of sp³-hybridized carbons (Fsp3) is 0.143. The van der Waals surface area contributed by atoms with Crippen molar-refractivity contribution >= 4 is 13.3 Å². The van der Waals surface area contributed by atoms with Crippen molar-refractivity contribution in [3.05, 3.63) is 29.8 Å². The van der Waals surface area contributed by atoms with Crippen LogP contribution in [0.5, 0.6) is 0 Å². The summed E-state index contributed by atoms with van der Waals surface area (Å²) in [6, 6.07) is 7.01. The van der Waals surface area contributed by atoms with Crippen molar-refractivity contribution in [1.29, 1.82) is 0 Å². The van der Waals surface area contributed by atoms with Crippen molar-refractivity contribution in [1.82, 2.24) is 0 Å². The largest absolute Gasteiger partial charge is 0.343 e. The van der Waals surface area contributed by atoms with Crippen molar-refractivity contribution in [3.63, 3.8) is 0 Å². The molecule has 1 N–H and O–H groups in total. The molecule has 1 aromatic carbocycles. The molecule has 0 aliphatic rings. The summed E-state index contributed by atoms with van der Waals surface area (Å²) in [4.78, 5) is 8.66. The van der Waals surface area contributed by atoms with Gasteiger partial charge >= 0.3 is 0 Å². The van der Waals surface area contributed by atoms with E-state index in [0.29, 0.717) is 5.30 Å². The van der Waals surface area contributed by atoms with Gasteiger partial charge in [0.05, 0.1) is 0 Å². The van der Waals surface area contributed by atoms with Gasteiger partial charge in [-0.05, 0) is 19.1 Å². The minimum Gasteiger partial charge on any atom is -0.343 e. The molecule has 0 amide bonds. The molecule has 11 heavy (non-hydrogen) atoms. The molecule has 56 valence electrons. The molecule has 1 atom stereocenters. The first-order valence-corrected chi connectivity index (χ1v) is 4.35. The smallest absolute Gasteiger partial charge is 0.218 e. The van der Waals surface area contributed by atoms with E-state index in [0.717, 1.165) is 5.56 Å². The first-order chi connectivity index (χ1) is 4.70. The third kappa shape index (κ3) is 3.29. The Bertz CT molecular complexity index is 245. The van der Waals surface area contributed by atoms with E-state index < -0.39 is 8.03 Å². The van der Waals surface area contributed by atoms with E-state index in [9.17, 15) is 4.57 Å². The zero-order chi connectivity index (χ0) is 7.56. The number of rotatable bonds is 1. The maximum Gasteiger partial charge on any atom is 0.218 e. The molecule has 0 saturated heterocycles. The number of benzene rings is 1. The summed E-state index contributed by atoms with van der Waals surface area (Å²) in [7, 11) is -2.48. The van der Waals surface area contributed by atoms with E-state index in [1.165, 1.54) is 0 Å². The van der Waals surface area contributed by atoms with Gasteiger partial charge < -0.3 is 4.89 Å². The predicted octanol–water partition coefficient (Wildman–Crippen LogP) is 1.08. The standard InChI is InChI=1S/C7H9O2P.Zn/c1-6-2-4-7(5-3-6)10(8)9;/h2-5,10H,1H3,(H,8,9);. The molecule has 1 unspecified atom stereocenters. The molecular weight excluding hydrogens is 212 g/mol. The topological polar surface area (TPSA) is 37.3 Å². The van der Waals surface area contributed by atoms with Crippen molar-refractivity contribution in [3.8, 4) is 0 Å². The zero-order valence-corrected chi connectivity index (χ0v) is 10.3. The zero-order valence-electron chi connectivity index (χ0n) is 6.37. The Labute approximate surface area is 79.3 Å². The molecule has 0 radical (unpaired) electrons. The minimum atomic E-state index is -2.48. The summed E-state index contributed by atoms with van der Waals surface area (Å²) in [5, 5.41) is 0.524. The van der Waals surface area contributed by atoms with Crippen LogP contribution in [0.15, 0.2) is 24.3 Å². The van der Waals surface area contributed by atoms with Gasteiger partial charge in [0.1, 0.15) is 0 Å². The van der Waals surface area contributed by atoms with E-state index in [4.69, 9.17) is 4.89 Å². The Kier molecular flexibility index (Phi) is 4.83. The van der Waals surface area contributed by atoms with Gasteiger partial charge in [0, 0.05) is 24.8 Å². The average Bonchev–Trinajstić information content (AvgIpc) is 1.88. The quantitative estimate of drug-likeness (QED) is 0.569. The second-order valence-corrected chi connectivity index (χ2v) is 3.36. The third-order valence-electron chi connectivity index (χ3n) is 1.30. The Morgan fingerprint density at radius 3 is 2.09 bits per heavy atom. The molecular formula is C7H9O2PZn. The average molecular weight is 222 g/mol. The molecule has 0 fully saturated rings. The van der Waals surface area contributed by atoms with Crippen LogP contribution in [0.4, 0.5) is 0 Å². The SMILES string of the molecule is Cc1ccc([PH](=O)O)cc1.[Zn]. The molecule has 1 aromatic rings. The van der Waals surface area contributed by atoms with Crippen molar-refractivity contribution in [2.24, 2.45) is 0 Å². The molecule has 0 aromatic heterocycles. The predicted molar refractivity (Wildman–Crippen MR) is 42.0 cm³/mol. The number of hydrogen-bond donors (Lipinski definition) is 1. The normalized spacial score (nSPS) is 11.8. The van der Waals surface area contributed by atoms with Crippen LogP contribution in [0, 0.1) is 6.92 Å². The van der Waals surface area contributed by atoms with E-state index >= 15 is 0 Å². The van der Waals surface area contributed by atoms with Gasteiger partial charge in [-0.3, -0.25) is 4.57 Å². The molecule has 1 rings (SSSR count). The number of hydrogen-bond acceptors (Lipinski definition) is 1. The summed E-state index contributed by atoms with van der Waals surface area (Å²) >= 11 is 0. The summed E-state index contributed by atoms with van der Waals surface area (Å²) in [5.74, 6) is 0. The summed E-state index contributed by atoms with van der Waals surface area (Å²) in [6.07, 6.45) is 0. The van der Waals surface area contributed by atoms with E-state index in [-0.39, 0.29) is 19.5 Å². The van der Waals surface area contributed by atoms with Gasteiger partial charge in [-0.2, -0.15) is 0 Å². The maximum absolute atomic E-state index is 10.5. The second-order valence-electron chi connectivity index (χ2n) is 2.17. The van der Waals surface area contributed by atoms with Gasteiger partial charge in [0.25, 0.3) is 0 Å². The first kappa shape index (κ1) is 11.0. The van der Waals surface area contributed by atoms with E-state index in [1.54, 1.807) is 12.1 Å². The molecule has 0 aliphatic heterocycles. The third-order valence-corrected chi connectivity index (χ3v) is 2.13. The summed E-state index contributed by atoms with van der Waals surface area (Å²) in [6.45, 7) is 1.94. The van der Waals surface area contributed by atoms with Crippen LogP contribution >= 0.6 is 8.03 Å². The van der Waals surface area contributed by atoms with Crippen LogP contribution in [0.3, 0.4) is 0 Å².